The van der Waals surface area contributed by atoms with Crippen LogP contribution in [0.4, 0.5) is 5.82 Å². The van der Waals surface area contributed by atoms with Crippen LogP contribution in [-0.4, -0.2) is 28.6 Å². The van der Waals surface area contributed by atoms with Crippen molar-refractivity contribution in [3.05, 3.63) is 17.3 Å². The van der Waals surface area contributed by atoms with E-state index in [1.165, 1.54) is 23.1 Å². The number of aryl methyl sites for hydroxylation is 1. The number of nitrogens with two attached hydrogens (primary N) is 1. The lowest BCUT2D eigenvalue weighted by Gasteiger charge is -2.41. The van der Waals surface area contributed by atoms with E-state index < -0.39 is 0 Å². The van der Waals surface area contributed by atoms with Crippen molar-refractivity contribution in [1.82, 2.24) is 9.97 Å². The van der Waals surface area contributed by atoms with Gasteiger partial charge in [-0.15, -0.1) is 11.3 Å². The number of thiophene rings is 1. The van der Waals surface area contributed by atoms with Crippen LogP contribution in [0.3, 0.4) is 0 Å². The molecule has 5 heteroatoms. The average Bonchev–Trinajstić information content (AvgIpc) is 2.80. The molecule has 4 nitrogen and oxygen atoms in total. The normalized spacial score (nSPS) is 24.1. The van der Waals surface area contributed by atoms with E-state index in [1.54, 1.807) is 17.7 Å². The SMILES string of the molecule is Cc1csc2c(N3C(C)CCCC3CN)ncnc12. The Bertz CT molecular complexity index is 580. The molecule has 0 saturated carbocycles. The van der Waals surface area contributed by atoms with Crippen molar-refractivity contribution in [2.24, 2.45) is 5.73 Å². The zero-order chi connectivity index (χ0) is 13.4. The van der Waals surface area contributed by atoms with Crippen LogP contribution < -0.4 is 10.6 Å². The summed E-state index contributed by atoms with van der Waals surface area (Å²) in [5.74, 6) is 1.07. The molecule has 0 bridgehead atoms. The Morgan fingerprint density at radius 1 is 1.42 bits per heavy atom. The molecule has 0 aromatic carbocycles. The third-order valence-electron chi connectivity index (χ3n) is 4.06. The molecule has 2 atom stereocenters. The van der Waals surface area contributed by atoms with Gasteiger partial charge in [0.25, 0.3) is 0 Å². The van der Waals surface area contributed by atoms with Gasteiger partial charge in [0.15, 0.2) is 5.82 Å². The van der Waals surface area contributed by atoms with Crippen LogP contribution in [0.1, 0.15) is 31.7 Å². The van der Waals surface area contributed by atoms with Gasteiger partial charge in [-0.2, -0.15) is 0 Å². The molecule has 1 fully saturated rings. The molecule has 2 unspecified atom stereocenters. The molecular weight excluding hydrogens is 256 g/mol. The Labute approximate surface area is 117 Å². The number of hydrogen-bond donors (Lipinski definition) is 1. The summed E-state index contributed by atoms with van der Waals surface area (Å²) >= 11 is 1.74. The third-order valence-corrected chi connectivity index (χ3v) is 5.14. The van der Waals surface area contributed by atoms with Crippen molar-refractivity contribution >= 4 is 27.4 Å². The van der Waals surface area contributed by atoms with Crippen LogP contribution in [0.5, 0.6) is 0 Å². The van der Waals surface area contributed by atoms with E-state index in [2.05, 4.69) is 34.1 Å². The summed E-state index contributed by atoms with van der Waals surface area (Å²) in [5.41, 5.74) is 8.28. The summed E-state index contributed by atoms with van der Waals surface area (Å²) in [7, 11) is 0. The number of aromatic nitrogens is 2. The molecule has 0 spiro atoms. The fourth-order valence-electron chi connectivity index (χ4n) is 3.04. The van der Waals surface area contributed by atoms with Gasteiger partial charge < -0.3 is 10.6 Å². The van der Waals surface area contributed by atoms with E-state index in [0.29, 0.717) is 18.6 Å². The van der Waals surface area contributed by atoms with E-state index in [-0.39, 0.29) is 0 Å². The molecule has 2 aromatic heterocycles. The maximum absolute atomic E-state index is 5.96. The molecule has 3 rings (SSSR count). The summed E-state index contributed by atoms with van der Waals surface area (Å²) in [6.45, 7) is 5.08. The van der Waals surface area contributed by atoms with Crippen molar-refractivity contribution in [2.75, 3.05) is 11.4 Å². The topological polar surface area (TPSA) is 55.0 Å². The van der Waals surface area contributed by atoms with Crippen molar-refractivity contribution in [3.8, 4) is 0 Å². The molecule has 0 amide bonds. The molecule has 0 aliphatic carbocycles. The van der Waals surface area contributed by atoms with E-state index in [1.807, 2.05) is 0 Å². The highest BCUT2D eigenvalue weighted by Gasteiger charge is 2.29. The zero-order valence-corrected chi connectivity index (χ0v) is 12.3. The monoisotopic (exact) mass is 276 g/mol. The van der Waals surface area contributed by atoms with Gasteiger partial charge in [0, 0.05) is 18.6 Å². The van der Waals surface area contributed by atoms with Gasteiger partial charge >= 0.3 is 0 Å². The fraction of sp³-hybridized carbons (Fsp3) is 0.571. The minimum atomic E-state index is 0.407. The van der Waals surface area contributed by atoms with E-state index in [0.717, 1.165) is 17.8 Å². The first-order chi connectivity index (χ1) is 9.22. The molecule has 102 valence electrons. The molecule has 1 aliphatic heterocycles. The molecule has 19 heavy (non-hydrogen) atoms. The lowest BCUT2D eigenvalue weighted by molar-refractivity contribution is 0.399. The van der Waals surface area contributed by atoms with Crippen LogP contribution in [0, 0.1) is 6.92 Å². The Balaban J connectivity index is 2.11. The lowest BCUT2D eigenvalue weighted by Crippen LogP contribution is -2.49. The number of hydrogen-bond acceptors (Lipinski definition) is 5. The van der Waals surface area contributed by atoms with Crippen LogP contribution in [0.25, 0.3) is 10.2 Å². The van der Waals surface area contributed by atoms with Crippen molar-refractivity contribution in [3.63, 3.8) is 0 Å². The number of piperidine rings is 1. The van der Waals surface area contributed by atoms with Gasteiger partial charge in [-0.1, -0.05) is 0 Å². The molecule has 2 N–H and O–H groups in total. The summed E-state index contributed by atoms with van der Waals surface area (Å²) in [5, 5.41) is 2.16. The minimum absolute atomic E-state index is 0.407. The van der Waals surface area contributed by atoms with Crippen molar-refractivity contribution < 1.29 is 0 Å². The highest BCUT2D eigenvalue weighted by molar-refractivity contribution is 7.18. The highest BCUT2D eigenvalue weighted by Crippen LogP contribution is 2.35. The predicted molar refractivity (Wildman–Crippen MR) is 80.8 cm³/mol. The van der Waals surface area contributed by atoms with Crippen molar-refractivity contribution in [2.45, 2.75) is 45.2 Å². The van der Waals surface area contributed by atoms with Gasteiger partial charge in [0.05, 0.1) is 10.2 Å². The quantitative estimate of drug-likeness (QED) is 0.916. The van der Waals surface area contributed by atoms with Crippen LogP contribution in [0.2, 0.25) is 0 Å². The zero-order valence-electron chi connectivity index (χ0n) is 11.5. The minimum Gasteiger partial charge on any atom is -0.348 e. The summed E-state index contributed by atoms with van der Waals surface area (Å²) in [6, 6.07) is 0.909. The third kappa shape index (κ3) is 2.11. The van der Waals surface area contributed by atoms with Gasteiger partial charge in [0.2, 0.25) is 0 Å². The smallest absolute Gasteiger partial charge is 0.150 e. The highest BCUT2D eigenvalue weighted by atomic mass is 32.1. The maximum Gasteiger partial charge on any atom is 0.150 e. The van der Waals surface area contributed by atoms with Gasteiger partial charge in [-0.05, 0) is 44.1 Å². The first-order valence-electron chi connectivity index (χ1n) is 6.89. The second-order valence-electron chi connectivity index (χ2n) is 5.37. The first kappa shape index (κ1) is 12.8. The average molecular weight is 276 g/mol. The van der Waals surface area contributed by atoms with Crippen LogP contribution in [-0.2, 0) is 0 Å². The Kier molecular flexibility index (Phi) is 3.41. The summed E-state index contributed by atoms with van der Waals surface area (Å²) in [4.78, 5) is 11.4. The number of anilines is 1. The predicted octanol–water partition coefficient (Wildman–Crippen LogP) is 2.71. The van der Waals surface area contributed by atoms with E-state index in [9.17, 15) is 0 Å². The van der Waals surface area contributed by atoms with Gasteiger partial charge in [-0.3, -0.25) is 0 Å². The summed E-state index contributed by atoms with van der Waals surface area (Å²) < 4.78 is 1.20. The second kappa shape index (κ2) is 5.06. The Morgan fingerprint density at radius 3 is 3.05 bits per heavy atom. The number of rotatable bonds is 2. The maximum atomic E-state index is 5.96. The van der Waals surface area contributed by atoms with Gasteiger partial charge in [-0.25, -0.2) is 9.97 Å². The second-order valence-corrected chi connectivity index (χ2v) is 6.25. The molecule has 3 heterocycles. The standard InChI is InChI=1S/C14H20N4S/c1-9-7-19-13-12(9)16-8-17-14(13)18-10(2)4-3-5-11(18)6-15/h7-8,10-11H,3-6,15H2,1-2H3. The lowest BCUT2D eigenvalue weighted by atomic mass is 9.96. The summed E-state index contributed by atoms with van der Waals surface area (Å²) in [6.07, 6.45) is 5.33. The number of nitrogens with zero attached hydrogens (tertiary/aromatic N) is 3. The van der Waals surface area contributed by atoms with Crippen LogP contribution >= 0.6 is 11.3 Å². The molecule has 1 saturated heterocycles. The number of fused-ring (bicyclic) bond motifs is 1. The fourth-order valence-corrected chi connectivity index (χ4v) is 4.04. The van der Waals surface area contributed by atoms with Crippen molar-refractivity contribution in [1.29, 1.82) is 0 Å². The molecular formula is C14H20N4S. The molecule has 0 radical (unpaired) electrons. The van der Waals surface area contributed by atoms with Crippen LogP contribution in [0.15, 0.2) is 11.7 Å². The molecule has 2 aromatic rings. The first-order valence-corrected chi connectivity index (χ1v) is 7.77. The Hall–Kier alpha value is -1.20. The van der Waals surface area contributed by atoms with E-state index >= 15 is 0 Å². The largest absolute Gasteiger partial charge is 0.348 e. The Morgan fingerprint density at radius 2 is 2.26 bits per heavy atom. The molecule has 1 aliphatic rings. The van der Waals surface area contributed by atoms with E-state index in [4.69, 9.17) is 5.73 Å². The van der Waals surface area contributed by atoms with Gasteiger partial charge in [0.1, 0.15) is 6.33 Å².